The van der Waals surface area contributed by atoms with Crippen LogP contribution in [0.2, 0.25) is 0 Å². The molecule has 2 nitrogen and oxygen atoms in total. The minimum Gasteiger partial charge on any atom is -0.331 e. The molecule has 1 amide bonds. The number of carbonyl (C=O) groups is 1. The molecule has 0 N–H and O–H groups in total. The van der Waals surface area contributed by atoms with Crippen LogP contribution in [0.3, 0.4) is 0 Å². The van der Waals surface area contributed by atoms with E-state index in [9.17, 15) is 4.79 Å². The summed E-state index contributed by atoms with van der Waals surface area (Å²) >= 11 is 9.24. The number of nitrogens with zero attached hydrogens (tertiary/aromatic N) is 1. The van der Waals surface area contributed by atoms with Gasteiger partial charge in [-0.05, 0) is 29.8 Å². The number of hydrogen-bond donors (Lipinski definition) is 0. The molecule has 1 unspecified atom stereocenters. The molecule has 0 aliphatic rings. The van der Waals surface area contributed by atoms with E-state index >= 15 is 0 Å². The van der Waals surface area contributed by atoms with Crippen LogP contribution in [0.1, 0.15) is 16.7 Å². The van der Waals surface area contributed by atoms with Crippen molar-refractivity contribution in [3.8, 4) is 0 Å². The fourth-order valence-corrected chi connectivity index (χ4v) is 3.22. The second kappa shape index (κ2) is 6.36. The fraction of sp³-hybridized carbons (Fsp3) is 0.308. The van der Waals surface area contributed by atoms with E-state index in [1.54, 1.807) is 29.6 Å². The van der Waals surface area contributed by atoms with Crippen molar-refractivity contribution in [3.05, 3.63) is 44.8 Å². The highest BCUT2D eigenvalue weighted by atomic mass is 35.5. The lowest BCUT2D eigenvalue weighted by atomic mass is 10.3. The van der Waals surface area contributed by atoms with Crippen LogP contribution >= 0.6 is 34.3 Å². The predicted molar refractivity (Wildman–Crippen MR) is 78.2 cm³/mol. The first-order chi connectivity index (χ1) is 8.66. The molecule has 0 saturated heterocycles. The SMILES string of the molecule is CC(Cl)C(=O)N(Cc1cccs1)Cc1cccs1. The van der Waals surface area contributed by atoms with Crippen LogP contribution < -0.4 is 0 Å². The topological polar surface area (TPSA) is 20.3 Å². The van der Waals surface area contributed by atoms with Gasteiger partial charge >= 0.3 is 0 Å². The van der Waals surface area contributed by atoms with E-state index in [-0.39, 0.29) is 5.91 Å². The van der Waals surface area contributed by atoms with Crippen LogP contribution in [0, 0.1) is 0 Å². The van der Waals surface area contributed by atoms with Crippen molar-refractivity contribution < 1.29 is 4.79 Å². The van der Waals surface area contributed by atoms with Crippen molar-refractivity contribution in [2.45, 2.75) is 25.4 Å². The standard InChI is InChI=1S/C13H14ClNOS2/c1-10(14)13(16)15(8-11-4-2-6-17-11)9-12-5-3-7-18-12/h2-7,10H,8-9H2,1H3. The van der Waals surface area contributed by atoms with Crippen LogP contribution in [0.15, 0.2) is 35.0 Å². The van der Waals surface area contributed by atoms with Crippen LogP contribution in [-0.2, 0) is 17.9 Å². The van der Waals surface area contributed by atoms with E-state index in [0.717, 1.165) is 0 Å². The number of alkyl halides is 1. The van der Waals surface area contributed by atoms with Crippen molar-refractivity contribution in [3.63, 3.8) is 0 Å². The highest BCUT2D eigenvalue weighted by Crippen LogP contribution is 2.18. The summed E-state index contributed by atoms with van der Waals surface area (Å²) in [4.78, 5) is 16.3. The second-order valence-electron chi connectivity index (χ2n) is 3.97. The largest absolute Gasteiger partial charge is 0.331 e. The van der Waals surface area contributed by atoms with Gasteiger partial charge in [-0.1, -0.05) is 12.1 Å². The van der Waals surface area contributed by atoms with Crippen molar-refractivity contribution in [1.82, 2.24) is 4.90 Å². The number of thiophene rings is 2. The number of amides is 1. The summed E-state index contributed by atoms with van der Waals surface area (Å²) in [5.41, 5.74) is 0. The molecule has 96 valence electrons. The van der Waals surface area contributed by atoms with Gasteiger partial charge in [0.1, 0.15) is 5.38 Å². The molecule has 0 bridgehead atoms. The maximum Gasteiger partial charge on any atom is 0.240 e. The van der Waals surface area contributed by atoms with Crippen LogP contribution in [0.4, 0.5) is 0 Å². The first-order valence-corrected chi connectivity index (χ1v) is 7.84. The molecule has 0 aliphatic carbocycles. The van der Waals surface area contributed by atoms with Gasteiger partial charge in [-0.25, -0.2) is 0 Å². The van der Waals surface area contributed by atoms with Gasteiger partial charge < -0.3 is 4.90 Å². The van der Waals surface area contributed by atoms with Crippen LogP contribution in [-0.4, -0.2) is 16.2 Å². The van der Waals surface area contributed by atoms with E-state index in [0.29, 0.717) is 13.1 Å². The lowest BCUT2D eigenvalue weighted by Crippen LogP contribution is -2.34. The average Bonchev–Trinajstić information content (AvgIpc) is 2.99. The van der Waals surface area contributed by atoms with Crippen molar-refractivity contribution >= 4 is 40.2 Å². The molecule has 2 aromatic rings. The Morgan fingerprint density at radius 2 is 1.72 bits per heavy atom. The first-order valence-electron chi connectivity index (χ1n) is 5.64. The van der Waals surface area contributed by atoms with Gasteiger partial charge in [0.2, 0.25) is 5.91 Å². The molecule has 0 aromatic carbocycles. The summed E-state index contributed by atoms with van der Waals surface area (Å²) in [5, 5.41) is 3.56. The summed E-state index contributed by atoms with van der Waals surface area (Å²) < 4.78 is 0. The van der Waals surface area contributed by atoms with E-state index < -0.39 is 5.38 Å². The predicted octanol–water partition coefficient (Wildman–Crippen LogP) is 3.97. The summed E-state index contributed by atoms with van der Waals surface area (Å²) in [7, 11) is 0. The van der Waals surface area contributed by atoms with Gasteiger partial charge in [-0.3, -0.25) is 4.79 Å². The molecule has 2 heterocycles. The Hall–Kier alpha value is -0.840. The molecule has 0 saturated carbocycles. The Balaban J connectivity index is 2.09. The lowest BCUT2D eigenvalue weighted by Gasteiger charge is -2.22. The van der Waals surface area contributed by atoms with Gasteiger partial charge in [-0.15, -0.1) is 34.3 Å². The van der Waals surface area contributed by atoms with Crippen LogP contribution in [0.25, 0.3) is 0 Å². The highest BCUT2D eigenvalue weighted by Gasteiger charge is 2.19. The number of hydrogen-bond acceptors (Lipinski definition) is 3. The third-order valence-corrected chi connectivity index (χ3v) is 4.41. The molecule has 2 aromatic heterocycles. The third-order valence-electron chi connectivity index (χ3n) is 2.51. The van der Waals surface area contributed by atoms with Crippen LogP contribution in [0.5, 0.6) is 0 Å². The summed E-state index contributed by atoms with van der Waals surface area (Å²) in [6.07, 6.45) is 0. The number of carbonyl (C=O) groups excluding carboxylic acids is 1. The molecular weight excluding hydrogens is 286 g/mol. The molecule has 18 heavy (non-hydrogen) atoms. The average molecular weight is 300 g/mol. The lowest BCUT2D eigenvalue weighted by molar-refractivity contribution is -0.131. The Bertz CT molecular complexity index is 443. The Kier molecular flexibility index (Phi) is 4.80. The highest BCUT2D eigenvalue weighted by molar-refractivity contribution is 7.10. The maximum absolute atomic E-state index is 12.1. The van der Waals surface area contributed by atoms with E-state index in [1.165, 1.54) is 9.75 Å². The molecule has 2 rings (SSSR count). The second-order valence-corrected chi connectivity index (χ2v) is 6.69. The van der Waals surface area contributed by atoms with Gasteiger partial charge in [0, 0.05) is 9.75 Å². The van der Waals surface area contributed by atoms with E-state index in [1.807, 2.05) is 39.9 Å². The zero-order valence-corrected chi connectivity index (χ0v) is 12.4. The normalized spacial score (nSPS) is 12.3. The summed E-state index contributed by atoms with van der Waals surface area (Å²) in [6, 6.07) is 8.08. The Morgan fingerprint density at radius 3 is 2.06 bits per heavy atom. The molecule has 0 spiro atoms. The zero-order chi connectivity index (χ0) is 13.0. The van der Waals surface area contributed by atoms with Gasteiger partial charge in [0.05, 0.1) is 13.1 Å². The van der Waals surface area contributed by atoms with Crippen molar-refractivity contribution in [2.24, 2.45) is 0 Å². The smallest absolute Gasteiger partial charge is 0.240 e. The van der Waals surface area contributed by atoms with Gasteiger partial charge in [0.15, 0.2) is 0 Å². The Morgan fingerprint density at radius 1 is 1.22 bits per heavy atom. The molecule has 0 fully saturated rings. The molecule has 1 atom stereocenters. The number of halogens is 1. The van der Waals surface area contributed by atoms with Crippen molar-refractivity contribution in [1.29, 1.82) is 0 Å². The van der Waals surface area contributed by atoms with E-state index in [2.05, 4.69) is 0 Å². The first kappa shape index (κ1) is 13.6. The quantitative estimate of drug-likeness (QED) is 0.765. The van der Waals surface area contributed by atoms with Gasteiger partial charge in [-0.2, -0.15) is 0 Å². The summed E-state index contributed by atoms with van der Waals surface area (Å²) in [5.74, 6) is -0.0153. The van der Waals surface area contributed by atoms with Gasteiger partial charge in [0.25, 0.3) is 0 Å². The molecule has 5 heteroatoms. The minimum absolute atomic E-state index is 0.0153. The minimum atomic E-state index is -0.482. The maximum atomic E-state index is 12.1. The monoisotopic (exact) mass is 299 g/mol. The summed E-state index contributed by atoms with van der Waals surface area (Å²) in [6.45, 7) is 2.98. The molecule has 0 radical (unpaired) electrons. The third kappa shape index (κ3) is 3.57. The molecular formula is C13H14ClNOS2. The zero-order valence-electron chi connectivity index (χ0n) is 10.0. The fourth-order valence-electron chi connectivity index (χ4n) is 1.64. The Labute approximate surface area is 120 Å². The number of rotatable bonds is 5. The van der Waals surface area contributed by atoms with Crippen molar-refractivity contribution in [2.75, 3.05) is 0 Å². The molecule has 0 aliphatic heterocycles. The van der Waals surface area contributed by atoms with E-state index in [4.69, 9.17) is 11.6 Å².